The number of nitrogens with zero attached hydrogens (tertiary/aromatic N) is 4. The van der Waals surface area contributed by atoms with Crippen molar-refractivity contribution in [3.63, 3.8) is 0 Å². The number of nitrogens with one attached hydrogen (secondary N) is 3. The van der Waals surface area contributed by atoms with Crippen LogP contribution >= 0.6 is 11.7 Å². The molecule has 0 aliphatic rings. The highest BCUT2D eigenvalue weighted by Crippen LogP contribution is 2.31. The molecule has 0 saturated carbocycles. The molecule has 0 saturated heterocycles. The number of halogens is 2. The van der Waals surface area contributed by atoms with Crippen LogP contribution in [0.3, 0.4) is 0 Å². The number of carbonyl (C=O) groups is 1. The summed E-state index contributed by atoms with van der Waals surface area (Å²) in [7, 11) is -3.87. The summed E-state index contributed by atoms with van der Waals surface area (Å²) in [6, 6.07) is 7.02. The second kappa shape index (κ2) is 9.20. The highest BCUT2D eigenvalue weighted by molar-refractivity contribution is 7.92. The van der Waals surface area contributed by atoms with Gasteiger partial charge in [0, 0.05) is 11.9 Å². The van der Waals surface area contributed by atoms with Gasteiger partial charge >= 0.3 is 0 Å². The lowest BCUT2D eigenvalue weighted by molar-refractivity contribution is 0.103. The molecule has 2 aromatic carbocycles. The molecule has 184 valence electrons. The van der Waals surface area contributed by atoms with E-state index in [1.165, 1.54) is 12.5 Å². The molecule has 5 aromatic rings. The Hall–Kier alpha value is -4.04. The first kappa shape index (κ1) is 23.7. The number of fused-ring (bicyclic) bond motifs is 2. The van der Waals surface area contributed by atoms with Crippen LogP contribution in [0.2, 0.25) is 0 Å². The van der Waals surface area contributed by atoms with E-state index < -0.39 is 38.7 Å². The minimum absolute atomic E-state index is 0.101. The van der Waals surface area contributed by atoms with Crippen LogP contribution in [0.4, 0.5) is 26.0 Å². The molecular formula is C22H17F2N7O3S2. The first-order chi connectivity index (χ1) is 17.3. The van der Waals surface area contributed by atoms with E-state index in [0.29, 0.717) is 17.6 Å². The van der Waals surface area contributed by atoms with Gasteiger partial charge in [0.05, 0.1) is 39.7 Å². The van der Waals surface area contributed by atoms with Crippen molar-refractivity contribution in [3.05, 3.63) is 65.6 Å². The maximum absolute atomic E-state index is 15.3. The largest absolute Gasteiger partial charge is 0.345 e. The SMILES string of the molecule is CCCS(=O)(=O)Nc1ccc(F)c(C(=O)c2c[nH]c3ncnc(Nc4ccc5nsnc5c4)c23)c1F. The molecule has 0 fully saturated rings. The smallest absolute Gasteiger partial charge is 0.232 e. The monoisotopic (exact) mass is 529 g/mol. The summed E-state index contributed by atoms with van der Waals surface area (Å²) in [5.41, 5.74) is 0.705. The first-order valence-electron chi connectivity index (χ1n) is 10.6. The van der Waals surface area contributed by atoms with Crippen molar-refractivity contribution in [1.29, 1.82) is 0 Å². The van der Waals surface area contributed by atoms with Crippen LogP contribution in [-0.4, -0.2) is 43.7 Å². The summed E-state index contributed by atoms with van der Waals surface area (Å²) in [4.78, 5) is 24.5. The Morgan fingerprint density at radius 3 is 2.72 bits per heavy atom. The molecule has 5 rings (SSSR count). The van der Waals surface area contributed by atoms with E-state index in [0.717, 1.165) is 29.4 Å². The normalized spacial score (nSPS) is 11.8. The van der Waals surface area contributed by atoms with Crippen molar-refractivity contribution in [2.45, 2.75) is 13.3 Å². The van der Waals surface area contributed by atoms with Crippen LogP contribution in [0.25, 0.3) is 22.1 Å². The van der Waals surface area contributed by atoms with E-state index >= 15 is 4.39 Å². The van der Waals surface area contributed by atoms with Gasteiger partial charge in [0.25, 0.3) is 0 Å². The summed E-state index contributed by atoms with van der Waals surface area (Å²) in [6.45, 7) is 1.64. The van der Waals surface area contributed by atoms with Gasteiger partial charge in [-0.1, -0.05) is 6.92 Å². The quantitative estimate of drug-likeness (QED) is 0.252. The van der Waals surface area contributed by atoms with Gasteiger partial charge in [0.2, 0.25) is 15.8 Å². The molecule has 0 atom stereocenters. The molecule has 3 aromatic heterocycles. The third-order valence-corrected chi connectivity index (χ3v) is 7.32. The molecule has 0 radical (unpaired) electrons. The predicted molar refractivity (Wildman–Crippen MR) is 132 cm³/mol. The molecule has 0 spiro atoms. The van der Waals surface area contributed by atoms with Gasteiger partial charge in [-0.3, -0.25) is 9.52 Å². The first-order valence-corrected chi connectivity index (χ1v) is 13.0. The molecule has 36 heavy (non-hydrogen) atoms. The van der Waals surface area contributed by atoms with Crippen LogP contribution in [-0.2, 0) is 10.0 Å². The molecule has 0 unspecified atom stereocenters. The van der Waals surface area contributed by atoms with Gasteiger partial charge in [0.1, 0.15) is 34.6 Å². The van der Waals surface area contributed by atoms with Crippen LogP contribution in [0, 0.1) is 11.6 Å². The zero-order chi connectivity index (χ0) is 25.4. The Labute approximate surface area is 207 Å². The third-order valence-electron chi connectivity index (χ3n) is 5.29. The molecule has 3 heterocycles. The highest BCUT2D eigenvalue weighted by atomic mass is 32.2. The molecule has 0 aliphatic heterocycles. The lowest BCUT2D eigenvalue weighted by Crippen LogP contribution is -2.18. The summed E-state index contributed by atoms with van der Waals surface area (Å²) < 4.78 is 64.6. The topological polar surface area (TPSA) is 143 Å². The fourth-order valence-electron chi connectivity index (χ4n) is 3.69. The number of H-pyrrole nitrogens is 1. The molecule has 3 N–H and O–H groups in total. The molecule has 0 aliphatic carbocycles. The van der Waals surface area contributed by atoms with Crippen molar-refractivity contribution < 1.29 is 22.0 Å². The fraction of sp³-hybridized carbons (Fsp3) is 0.136. The zero-order valence-corrected chi connectivity index (χ0v) is 20.2. The number of sulfonamides is 1. The lowest BCUT2D eigenvalue weighted by atomic mass is 10.0. The summed E-state index contributed by atoms with van der Waals surface area (Å²) >= 11 is 1.07. The van der Waals surface area contributed by atoms with E-state index in [2.05, 4.69) is 33.7 Å². The van der Waals surface area contributed by atoms with Gasteiger partial charge in [-0.05, 0) is 36.8 Å². The standard InChI is InChI=1S/C22H17F2N7O3S2/c1-2-7-36(33,34)31-15-6-4-13(23)18(19(15)24)20(32)12-9-25-21-17(12)22(27-10-26-21)28-11-3-5-14-16(8-11)30-35-29-14/h3-6,8-10,31H,2,7H2,1H3,(H2,25,26,27,28). The number of benzene rings is 2. The van der Waals surface area contributed by atoms with E-state index in [-0.39, 0.29) is 28.2 Å². The number of aromatic nitrogens is 5. The number of hydrogen-bond acceptors (Lipinski definition) is 9. The molecule has 0 amide bonds. The minimum atomic E-state index is -3.87. The minimum Gasteiger partial charge on any atom is -0.345 e. The Kier molecular flexibility index (Phi) is 6.05. The van der Waals surface area contributed by atoms with Crippen molar-refractivity contribution in [1.82, 2.24) is 23.7 Å². The Morgan fingerprint density at radius 1 is 1.11 bits per heavy atom. The molecular weight excluding hydrogens is 512 g/mol. The Bertz CT molecular complexity index is 1730. The molecule has 10 nitrogen and oxygen atoms in total. The summed E-state index contributed by atoms with van der Waals surface area (Å²) in [5, 5.41) is 3.29. The van der Waals surface area contributed by atoms with Crippen molar-refractivity contribution in [2.75, 3.05) is 15.8 Å². The highest BCUT2D eigenvalue weighted by Gasteiger charge is 2.27. The average Bonchev–Trinajstić information content (AvgIpc) is 3.48. The van der Waals surface area contributed by atoms with Crippen LogP contribution in [0.1, 0.15) is 29.3 Å². The van der Waals surface area contributed by atoms with Gasteiger partial charge in [0.15, 0.2) is 5.82 Å². The maximum atomic E-state index is 15.3. The van der Waals surface area contributed by atoms with Gasteiger partial charge < -0.3 is 10.3 Å². The maximum Gasteiger partial charge on any atom is 0.232 e. The molecule has 14 heteroatoms. The Morgan fingerprint density at radius 2 is 1.92 bits per heavy atom. The van der Waals surface area contributed by atoms with Crippen LogP contribution in [0.5, 0.6) is 0 Å². The van der Waals surface area contributed by atoms with Crippen molar-refractivity contribution in [2.24, 2.45) is 0 Å². The van der Waals surface area contributed by atoms with E-state index in [9.17, 15) is 17.6 Å². The second-order valence-corrected chi connectivity index (χ2v) is 10.1. The van der Waals surface area contributed by atoms with E-state index in [1.807, 2.05) is 0 Å². The van der Waals surface area contributed by atoms with E-state index in [1.54, 1.807) is 25.1 Å². The fourth-order valence-corrected chi connectivity index (χ4v) is 5.34. The third kappa shape index (κ3) is 4.35. The van der Waals surface area contributed by atoms with Crippen LogP contribution in [0.15, 0.2) is 42.9 Å². The number of rotatable bonds is 8. The van der Waals surface area contributed by atoms with E-state index in [4.69, 9.17) is 0 Å². The lowest BCUT2D eigenvalue weighted by Gasteiger charge is -2.12. The van der Waals surface area contributed by atoms with Gasteiger partial charge in [-0.2, -0.15) is 8.75 Å². The number of carbonyl (C=O) groups excluding carboxylic acids is 1. The summed E-state index contributed by atoms with van der Waals surface area (Å²) in [6.07, 6.45) is 2.83. The van der Waals surface area contributed by atoms with Gasteiger partial charge in [-0.15, -0.1) is 0 Å². The molecule has 0 bridgehead atoms. The second-order valence-electron chi connectivity index (χ2n) is 7.77. The van der Waals surface area contributed by atoms with Gasteiger partial charge in [-0.25, -0.2) is 27.2 Å². The average molecular weight is 530 g/mol. The summed E-state index contributed by atoms with van der Waals surface area (Å²) in [5.74, 6) is -3.51. The number of hydrogen-bond donors (Lipinski definition) is 3. The number of anilines is 3. The number of ketones is 1. The predicted octanol–water partition coefficient (Wildman–Crippen LogP) is 4.37. The van der Waals surface area contributed by atoms with Crippen LogP contribution < -0.4 is 10.0 Å². The number of aromatic amines is 1. The van der Waals surface area contributed by atoms with Crippen molar-refractivity contribution in [3.8, 4) is 0 Å². The zero-order valence-electron chi connectivity index (χ0n) is 18.5. The van der Waals surface area contributed by atoms with Crippen molar-refractivity contribution >= 4 is 66.8 Å². The Balaban J connectivity index is 1.56.